The first kappa shape index (κ1) is 28.1. The molecule has 1 aliphatic carbocycles. The third-order valence-electron chi connectivity index (χ3n) is 7.59. The van der Waals surface area contributed by atoms with Crippen molar-refractivity contribution in [1.29, 1.82) is 0 Å². The molecule has 216 valence electrons. The van der Waals surface area contributed by atoms with Crippen LogP contribution in [0.1, 0.15) is 50.4 Å². The summed E-state index contributed by atoms with van der Waals surface area (Å²) in [5.74, 6) is 0.444. The first-order valence-electron chi connectivity index (χ1n) is 13.0. The summed E-state index contributed by atoms with van der Waals surface area (Å²) >= 11 is 0. The van der Waals surface area contributed by atoms with E-state index in [0.717, 1.165) is 6.42 Å². The first-order chi connectivity index (χ1) is 18.7. The molecule has 3 aromatic rings. The van der Waals surface area contributed by atoms with Gasteiger partial charge in [-0.15, -0.1) is 5.10 Å². The molecule has 1 amide bonds. The van der Waals surface area contributed by atoms with Gasteiger partial charge in [0, 0.05) is 39.5 Å². The molecule has 1 atom stereocenters. The molecule has 0 bridgehead atoms. The van der Waals surface area contributed by atoms with Crippen molar-refractivity contribution in [2.75, 3.05) is 18.1 Å². The average Bonchev–Trinajstić information content (AvgIpc) is 3.46. The van der Waals surface area contributed by atoms with E-state index >= 15 is 0 Å². The highest BCUT2D eigenvalue weighted by Gasteiger charge is 2.64. The van der Waals surface area contributed by atoms with Crippen LogP contribution in [0.4, 0.5) is 19.0 Å². The Morgan fingerprint density at radius 3 is 2.48 bits per heavy atom. The Kier molecular flexibility index (Phi) is 6.94. The number of nitrogens with zero attached hydrogens (tertiary/aromatic N) is 4. The first-order valence-corrected chi connectivity index (χ1v) is 14.8. The van der Waals surface area contributed by atoms with Crippen molar-refractivity contribution < 1.29 is 26.9 Å². The molecule has 2 aromatic heterocycles. The van der Waals surface area contributed by atoms with Crippen LogP contribution in [-0.2, 0) is 10.3 Å². The fourth-order valence-corrected chi connectivity index (χ4v) is 6.38. The van der Waals surface area contributed by atoms with Crippen molar-refractivity contribution in [3.05, 3.63) is 60.3 Å². The second-order valence-electron chi connectivity index (χ2n) is 11.4. The van der Waals surface area contributed by atoms with Crippen LogP contribution in [0.2, 0.25) is 0 Å². The Balaban J connectivity index is 1.44. The number of pyridine rings is 1. The van der Waals surface area contributed by atoms with Crippen LogP contribution in [0, 0.1) is 11.3 Å². The molecule has 9 nitrogen and oxygen atoms in total. The van der Waals surface area contributed by atoms with Gasteiger partial charge in [0.2, 0.25) is 5.88 Å². The molecule has 0 unspecified atom stereocenters. The van der Waals surface area contributed by atoms with Crippen LogP contribution in [0.15, 0.2) is 59.6 Å². The lowest BCUT2D eigenvalue weighted by atomic mass is 9.97. The van der Waals surface area contributed by atoms with Gasteiger partial charge in [0.1, 0.15) is 17.8 Å². The maximum atomic E-state index is 13.5. The van der Waals surface area contributed by atoms with E-state index in [-0.39, 0.29) is 29.8 Å². The molecule has 13 heteroatoms. The predicted octanol–water partition coefficient (Wildman–Crippen LogP) is 4.21. The number of hydrogen-bond donors (Lipinski definition) is 3. The lowest BCUT2D eigenvalue weighted by Crippen LogP contribution is -2.44. The normalized spacial score (nSPS) is 20.3. The Morgan fingerprint density at radius 1 is 1.18 bits per heavy atom. The number of rotatable bonds is 8. The largest absolute Gasteiger partial charge is 0.476 e. The van der Waals surface area contributed by atoms with Gasteiger partial charge in [-0.1, -0.05) is 25.1 Å². The zero-order valence-corrected chi connectivity index (χ0v) is 23.4. The van der Waals surface area contributed by atoms with Gasteiger partial charge in [-0.3, -0.25) is 14.7 Å². The number of aromatic nitrogens is 3. The van der Waals surface area contributed by atoms with Gasteiger partial charge in [0.25, 0.3) is 5.91 Å². The van der Waals surface area contributed by atoms with Gasteiger partial charge in [0.05, 0.1) is 5.56 Å². The topological polar surface area (TPSA) is 115 Å². The number of halogens is 3. The minimum atomic E-state index is -4.32. The van der Waals surface area contributed by atoms with Crippen LogP contribution in [-0.4, -0.2) is 49.7 Å². The minimum Gasteiger partial charge on any atom is -0.476 e. The number of thiol groups is 1. The highest BCUT2D eigenvalue weighted by molar-refractivity contribution is 7.99. The molecule has 1 saturated carbocycles. The van der Waals surface area contributed by atoms with Crippen molar-refractivity contribution >= 4 is 22.0 Å². The summed E-state index contributed by atoms with van der Waals surface area (Å²) in [7, 11) is -3.72. The summed E-state index contributed by atoms with van der Waals surface area (Å²) in [6.45, 7) is 6.36. The van der Waals surface area contributed by atoms with Crippen LogP contribution in [0.3, 0.4) is 0 Å². The van der Waals surface area contributed by atoms with E-state index in [1.165, 1.54) is 16.9 Å². The van der Waals surface area contributed by atoms with E-state index in [0.29, 0.717) is 29.0 Å². The highest BCUT2D eigenvalue weighted by atomic mass is 32.3. The van der Waals surface area contributed by atoms with Crippen molar-refractivity contribution in [2.45, 2.75) is 56.6 Å². The molecule has 0 radical (unpaired) electrons. The number of nitrogens with two attached hydrogens (primary N) is 1. The smallest absolute Gasteiger partial charge is 0.397 e. The van der Waals surface area contributed by atoms with E-state index in [4.69, 9.17) is 14.9 Å². The van der Waals surface area contributed by atoms with Crippen molar-refractivity contribution in [1.82, 2.24) is 19.5 Å². The maximum Gasteiger partial charge on any atom is 0.397 e. The number of ether oxygens (including phenoxy) is 1. The number of carbonyl (C=O) groups excluding carboxylic acids is 1. The number of anilines is 1. The zero-order valence-electron chi connectivity index (χ0n) is 22.5. The summed E-state index contributed by atoms with van der Waals surface area (Å²) in [6, 6.07) is 12.9. The summed E-state index contributed by atoms with van der Waals surface area (Å²) in [5.41, 5.74) is -1.95. The fraction of sp³-hybridized carbons (Fsp3) is 0.444. The van der Waals surface area contributed by atoms with E-state index < -0.39 is 34.4 Å². The molecule has 3 N–H and O–H groups in total. The Morgan fingerprint density at radius 2 is 1.88 bits per heavy atom. The lowest BCUT2D eigenvalue weighted by Gasteiger charge is -2.34. The Bertz CT molecular complexity index is 1460. The standard InChI is InChI=1S/C27H33F3N6O3S/c1-18-15-25(2,3)35(16-18)23-20(24(37)34-40(31,38)19-7-5-4-6-8-19)9-10-21(32-23)36-14-11-22(33-36)39-17-26(12-13-26)27(28,29)30/h4-11,14,18,40H,12-13,15-17H2,1-3H3,(H3,31,34,37,38)/t18-/m0/s1. The summed E-state index contributed by atoms with van der Waals surface area (Å²) < 4.78 is 62.3. The predicted molar refractivity (Wildman–Crippen MR) is 146 cm³/mol. The zero-order chi connectivity index (χ0) is 28.9. The number of amides is 1. The quantitative estimate of drug-likeness (QED) is 0.345. The van der Waals surface area contributed by atoms with E-state index in [1.807, 2.05) is 4.90 Å². The number of nitrogens with one attached hydrogen (secondary N) is 1. The number of hydrogen-bond acceptors (Lipinski definition) is 6. The second kappa shape index (κ2) is 9.88. The monoisotopic (exact) mass is 578 g/mol. The third-order valence-corrected chi connectivity index (χ3v) is 9.19. The molecule has 2 aliphatic rings. The molecule has 1 aromatic carbocycles. The van der Waals surface area contributed by atoms with Gasteiger partial charge >= 0.3 is 6.18 Å². The second-order valence-corrected chi connectivity index (χ2v) is 13.4. The molecular formula is C27H33F3N6O3S. The van der Waals surface area contributed by atoms with E-state index in [9.17, 15) is 22.2 Å². The molecule has 2 fully saturated rings. The van der Waals surface area contributed by atoms with Gasteiger partial charge in [-0.25, -0.2) is 13.9 Å². The SMILES string of the molecule is C[C@@H]1CN(c2nc(-n3ccc(OCC4(C(F)(F)F)CC4)n3)ccc2C(=O)N[SH](N)(=O)c2ccccc2)C(C)(C)C1. The summed E-state index contributed by atoms with van der Waals surface area (Å²) in [6.07, 6.45) is -1.85. The van der Waals surface area contributed by atoms with Gasteiger partial charge in [-0.05, 0) is 63.3 Å². The molecule has 5 rings (SSSR count). The lowest BCUT2D eigenvalue weighted by molar-refractivity contribution is -0.194. The Hall–Kier alpha value is -3.45. The van der Waals surface area contributed by atoms with Gasteiger partial charge in [0.15, 0.2) is 5.82 Å². The third kappa shape index (κ3) is 5.44. The molecule has 3 heterocycles. The number of alkyl halides is 3. The van der Waals surface area contributed by atoms with E-state index in [2.05, 4.69) is 30.6 Å². The van der Waals surface area contributed by atoms with Gasteiger partial charge in [-0.2, -0.15) is 13.2 Å². The molecule has 1 saturated heterocycles. The highest BCUT2D eigenvalue weighted by Crippen LogP contribution is 2.57. The van der Waals surface area contributed by atoms with Crippen molar-refractivity contribution in [3.63, 3.8) is 0 Å². The maximum absolute atomic E-state index is 13.5. The van der Waals surface area contributed by atoms with Gasteiger partial charge < -0.3 is 9.64 Å². The molecule has 0 spiro atoms. The van der Waals surface area contributed by atoms with Crippen molar-refractivity contribution in [3.8, 4) is 11.7 Å². The molecule has 1 aliphatic heterocycles. The summed E-state index contributed by atoms with van der Waals surface area (Å²) in [5, 5.41) is 10.3. The summed E-state index contributed by atoms with van der Waals surface area (Å²) in [4.78, 5) is 20.6. The number of benzene rings is 1. The Labute approximate surface area is 231 Å². The molecule has 40 heavy (non-hydrogen) atoms. The van der Waals surface area contributed by atoms with Crippen molar-refractivity contribution in [2.24, 2.45) is 16.5 Å². The van der Waals surface area contributed by atoms with Crippen LogP contribution in [0.25, 0.3) is 5.82 Å². The number of carbonyl (C=O) groups is 1. The molecular weight excluding hydrogens is 545 g/mol. The van der Waals surface area contributed by atoms with Crippen LogP contribution >= 0.6 is 0 Å². The van der Waals surface area contributed by atoms with Crippen LogP contribution < -0.4 is 19.5 Å². The minimum absolute atomic E-state index is 0.0374. The van der Waals surface area contributed by atoms with E-state index in [1.54, 1.807) is 42.5 Å². The van der Waals surface area contributed by atoms with Crippen LogP contribution in [0.5, 0.6) is 5.88 Å². The fourth-order valence-electron chi connectivity index (χ4n) is 5.22. The average molecular weight is 579 g/mol.